The van der Waals surface area contributed by atoms with Crippen molar-refractivity contribution in [3.63, 3.8) is 0 Å². The van der Waals surface area contributed by atoms with Crippen LogP contribution in [0.2, 0.25) is 0 Å². The molecular formula is C15H27NO3. The van der Waals surface area contributed by atoms with E-state index in [0.29, 0.717) is 31.2 Å². The Balaban J connectivity index is 2.58. The molecule has 1 fully saturated rings. The molecule has 1 aliphatic rings. The monoisotopic (exact) mass is 269 g/mol. The lowest BCUT2D eigenvalue weighted by Crippen LogP contribution is -2.49. The van der Waals surface area contributed by atoms with Crippen molar-refractivity contribution in [2.45, 2.75) is 59.4 Å². The van der Waals surface area contributed by atoms with Gasteiger partial charge < -0.3 is 10.0 Å². The highest BCUT2D eigenvalue weighted by atomic mass is 16.4. The predicted octanol–water partition coefficient (Wildman–Crippen LogP) is 2.77. The molecule has 0 aromatic rings. The van der Waals surface area contributed by atoms with Gasteiger partial charge in [0.25, 0.3) is 0 Å². The molecule has 1 amide bonds. The van der Waals surface area contributed by atoms with Gasteiger partial charge in [0.05, 0.1) is 5.92 Å². The first kappa shape index (κ1) is 16.0. The second kappa shape index (κ2) is 6.92. The topological polar surface area (TPSA) is 57.6 Å². The summed E-state index contributed by atoms with van der Waals surface area (Å²) in [6.07, 6.45) is 3.05. The third kappa shape index (κ3) is 4.51. The molecule has 1 heterocycles. The van der Waals surface area contributed by atoms with Gasteiger partial charge in [-0.05, 0) is 38.0 Å². The van der Waals surface area contributed by atoms with Crippen molar-refractivity contribution >= 4 is 11.9 Å². The van der Waals surface area contributed by atoms with E-state index in [4.69, 9.17) is 0 Å². The maximum atomic E-state index is 12.3. The number of amides is 1. The Morgan fingerprint density at radius 2 is 1.95 bits per heavy atom. The summed E-state index contributed by atoms with van der Waals surface area (Å²) in [6, 6.07) is -0.176. The molecule has 0 bridgehead atoms. The van der Waals surface area contributed by atoms with E-state index in [-0.39, 0.29) is 11.9 Å². The highest BCUT2D eigenvalue weighted by Crippen LogP contribution is 2.26. The molecule has 0 aromatic heterocycles. The SMILES string of the molecule is CC(C)CC(C)CC(=O)N1CCC[C@H](C(=O)O)[C@@H]1C. The molecule has 110 valence electrons. The van der Waals surface area contributed by atoms with Gasteiger partial charge in [0.2, 0.25) is 5.91 Å². The van der Waals surface area contributed by atoms with Crippen molar-refractivity contribution in [3.8, 4) is 0 Å². The van der Waals surface area contributed by atoms with Crippen LogP contribution in [0.15, 0.2) is 0 Å². The summed E-state index contributed by atoms with van der Waals surface area (Å²) in [4.78, 5) is 25.2. The zero-order valence-corrected chi connectivity index (χ0v) is 12.6. The molecule has 1 aliphatic heterocycles. The van der Waals surface area contributed by atoms with Crippen LogP contribution in [0.4, 0.5) is 0 Å². The molecule has 1 N–H and O–H groups in total. The Morgan fingerprint density at radius 3 is 2.47 bits per heavy atom. The number of carboxylic acid groups (broad SMARTS) is 1. The molecule has 1 unspecified atom stereocenters. The maximum Gasteiger partial charge on any atom is 0.308 e. The first-order valence-electron chi connectivity index (χ1n) is 7.35. The van der Waals surface area contributed by atoms with E-state index in [2.05, 4.69) is 20.8 Å². The van der Waals surface area contributed by atoms with Crippen molar-refractivity contribution in [1.82, 2.24) is 4.90 Å². The van der Waals surface area contributed by atoms with Crippen LogP contribution >= 0.6 is 0 Å². The highest BCUT2D eigenvalue weighted by Gasteiger charge is 2.35. The van der Waals surface area contributed by atoms with Crippen molar-refractivity contribution in [2.75, 3.05) is 6.54 Å². The van der Waals surface area contributed by atoms with E-state index in [9.17, 15) is 14.7 Å². The minimum Gasteiger partial charge on any atom is -0.481 e. The molecule has 1 saturated heterocycles. The molecule has 3 atom stereocenters. The van der Waals surface area contributed by atoms with Crippen LogP contribution in [0.5, 0.6) is 0 Å². The average Bonchev–Trinajstić information content (AvgIpc) is 2.27. The summed E-state index contributed by atoms with van der Waals surface area (Å²) in [5.74, 6) is -0.108. The van der Waals surface area contributed by atoms with Crippen LogP contribution in [0.1, 0.15) is 53.4 Å². The summed E-state index contributed by atoms with van der Waals surface area (Å²) in [7, 11) is 0. The number of carbonyl (C=O) groups is 2. The van der Waals surface area contributed by atoms with E-state index >= 15 is 0 Å². The van der Waals surface area contributed by atoms with Crippen LogP contribution < -0.4 is 0 Å². The zero-order valence-electron chi connectivity index (χ0n) is 12.6. The number of piperidine rings is 1. The molecule has 0 aromatic carbocycles. The van der Waals surface area contributed by atoms with Gasteiger partial charge in [-0.2, -0.15) is 0 Å². The normalized spacial score (nSPS) is 25.4. The minimum atomic E-state index is -0.778. The van der Waals surface area contributed by atoms with Crippen LogP contribution in [-0.4, -0.2) is 34.5 Å². The van der Waals surface area contributed by atoms with Crippen LogP contribution in [0, 0.1) is 17.8 Å². The summed E-state index contributed by atoms with van der Waals surface area (Å²) in [5, 5.41) is 9.17. The quantitative estimate of drug-likeness (QED) is 0.835. The molecule has 19 heavy (non-hydrogen) atoms. The smallest absolute Gasteiger partial charge is 0.308 e. The molecule has 0 aliphatic carbocycles. The standard InChI is InChI=1S/C15H27NO3/c1-10(2)8-11(3)9-14(17)16-7-5-6-13(12(16)4)15(18)19/h10-13H,5-9H2,1-4H3,(H,18,19)/t11?,12-,13-/m0/s1. The van der Waals surface area contributed by atoms with Crippen molar-refractivity contribution in [1.29, 1.82) is 0 Å². The molecule has 0 radical (unpaired) electrons. The summed E-state index contributed by atoms with van der Waals surface area (Å²) in [6.45, 7) is 8.98. The van der Waals surface area contributed by atoms with Crippen LogP contribution in [0.25, 0.3) is 0 Å². The minimum absolute atomic E-state index is 0.117. The predicted molar refractivity (Wildman–Crippen MR) is 74.8 cm³/mol. The number of rotatable bonds is 5. The van der Waals surface area contributed by atoms with Crippen molar-refractivity contribution < 1.29 is 14.7 Å². The summed E-state index contributed by atoms with van der Waals surface area (Å²) >= 11 is 0. The Kier molecular flexibility index (Phi) is 5.83. The third-order valence-corrected chi connectivity index (χ3v) is 4.02. The van der Waals surface area contributed by atoms with E-state index < -0.39 is 11.9 Å². The Morgan fingerprint density at radius 1 is 1.32 bits per heavy atom. The van der Waals surface area contributed by atoms with E-state index in [1.807, 2.05) is 6.92 Å². The van der Waals surface area contributed by atoms with Gasteiger partial charge in [-0.25, -0.2) is 0 Å². The Bertz CT molecular complexity index is 327. The van der Waals surface area contributed by atoms with E-state index in [1.165, 1.54) is 0 Å². The Hall–Kier alpha value is -1.06. The lowest BCUT2D eigenvalue weighted by atomic mass is 9.89. The maximum absolute atomic E-state index is 12.3. The van der Waals surface area contributed by atoms with Crippen LogP contribution in [-0.2, 0) is 9.59 Å². The molecule has 0 spiro atoms. The van der Waals surface area contributed by atoms with Gasteiger partial charge in [-0.1, -0.05) is 20.8 Å². The molecular weight excluding hydrogens is 242 g/mol. The second-order valence-electron chi connectivity index (χ2n) is 6.35. The van der Waals surface area contributed by atoms with E-state index in [1.54, 1.807) is 4.90 Å². The van der Waals surface area contributed by atoms with Crippen molar-refractivity contribution in [2.24, 2.45) is 17.8 Å². The zero-order chi connectivity index (χ0) is 14.6. The van der Waals surface area contributed by atoms with Crippen LogP contribution in [0.3, 0.4) is 0 Å². The number of likely N-dealkylation sites (tertiary alicyclic amines) is 1. The van der Waals surface area contributed by atoms with Gasteiger partial charge in [0.1, 0.15) is 0 Å². The van der Waals surface area contributed by atoms with Gasteiger partial charge in [0.15, 0.2) is 0 Å². The fourth-order valence-electron chi connectivity index (χ4n) is 3.13. The molecule has 4 nitrogen and oxygen atoms in total. The number of carbonyl (C=O) groups excluding carboxylic acids is 1. The lowest BCUT2D eigenvalue weighted by molar-refractivity contribution is -0.149. The fraction of sp³-hybridized carbons (Fsp3) is 0.867. The number of aliphatic carboxylic acids is 1. The fourth-order valence-corrected chi connectivity index (χ4v) is 3.13. The molecule has 4 heteroatoms. The summed E-state index contributed by atoms with van der Waals surface area (Å²) in [5.41, 5.74) is 0. The van der Waals surface area contributed by atoms with Gasteiger partial charge in [-0.3, -0.25) is 9.59 Å². The first-order valence-corrected chi connectivity index (χ1v) is 7.35. The molecule has 0 saturated carbocycles. The van der Waals surface area contributed by atoms with Gasteiger partial charge >= 0.3 is 5.97 Å². The Labute approximate surface area is 116 Å². The van der Waals surface area contributed by atoms with Gasteiger partial charge in [-0.15, -0.1) is 0 Å². The number of hydrogen-bond donors (Lipinski definition) is 1. The number of nitrogens with zero attached hydrogens (tertiary/aromatic N) is 1. The lowest BCUT2D eigenvalue weighted by Gasteiger charge is -2.38. The van der Waals surface area contributed by atoms with Crippen molar-refractivity contribution in [3.05, 3.63) is 0 Å². The second-order valence-corrected chi connectivity index (χ2v) is 6.35. The third-order valence-electron chi connectivity index (χ3n) is 4.02. The largest absolute Gasteiger partial charge is 0.481 e. The molecule has 1 rings (SSSR count). The number of hydrogen-bond acceptors (Lipinski definition) is 2. The summed E-state index contributed by atoms with van der Waals surface area (Å²) < 4.78 is 0. The number of carboxylic acids is 1. The first-order chi connectivity index (χ1) is 8.82. The van der Waals surface area contributed by atoms with Gasteiger partial charge in [0, 0.05) is 19.0 Å². The highest BCUT2D eigenvalue weighted by molar-refractivity contribution is 5.78. The average molecular weight is 269 g/mol. The van der Waals surface area contributed by atoms with E-state index in [0.717, 1.165) is 12.8 Å².